The molecule has 0 atom stereocenters. The van der Waals surface area contributed by atoms with E-state index in [2.05, 4.69) is 128 Å². The van der Waals surface area contributed by atoms with Gasteiger partial charge in [-0.25, -0.2) is 0 Å². The molecule has 5 aromatic rings. The van der Waals surface area contributed by atoms with E-state index in [1.54, 1.807) is 0 Å². The zero-order valence-corrected chi connectivity index (χ0v) is 18.3. The number of nitrogens with one attached hydrogen (secondary N) is 2. The van der Waals surface area contributed by atoms with Gasteiger partial charge < -0.3 is 10.6 Å². The molecule has 2 N–H and O–H groups in total. The molecule has 0 saturated carbocycles. The summed E-state index contributed by atoms with van der Waals surface area (Å²) in [7, 11) is 1.93. The average molecular weight is 405 g/mol. The Morgan fingerprint density at radius 1 is 0.452 bits per heavy atom. The highest BCUT2D eigenvalue weighted by atomic mass is 14.9. The zero-order chi connectivity index (χ0) is 21.6. The van der Waals surface area contributed by atoms with Gasteiger partial charge in [0.15, 0.2) is 0 Å². The van der Waals surface area contributed by atoms with Gasteiger partial charge in [-0.15, -0.1) is 0 Å². The molecular weight excluding hydrogens is 376 g/mol. The first-order valence-corrected chi connectivity index (χ1v) is 10.6. The minimum Gasteiger partial charge on any atom is -0.388 e. The molecule has 5 rings (SSSR count). The Hall–Kier alpha value is -3.78. The Labute approximate surface area is 184 Å². The van der Waals surface area contributed by atoms with Gasteiger partial charge >= 0.3 is 0 Å². The van der Waals surface area contributed by atoms with Crippen molar-refractivity contribution in [3.8, 4) is 0 Å². The largest absolute Gasteiger partial charge is 0.388 e. The van der Waals surface area contributed by atoms with Crippen molar-refractivity contribution in [1.82, 2.24) is 0 Å². The van der Waals surface area contributed by atoms with Crippen LogP contribution in [-0.4, -0.2) is 7.05 Å². The van der Waals surface area contributed by atoms with Crippen LogP contribution in [0.25, 0.3) is 21.5 Å². The zero-order valence-electron chi connectivity index (χ0n) is 18.3. The van der Waals surface area contributed by atoms with Crippen LogP contribution in [0.1, 0.15) is 11.1 Å². The highest BCUT2D eigenvalue weighted by Crippen LogP contribution is 2.23. The summed E-state index contributed by atoms with van der Waals surface area (Å²) in [6.07, 6.45) is 0. The van der Waals surface area contributed by atoms with Crippen LogP contribution in [0.4, 0.5) is 17.1 Å². The third-order valence-electron chi connectivity index (χ3n) is 5.58. The summed E-state index contributed by atoms with van der Waals surface area (Å²) in [5.74, 6) is 0. The van der Waals surface area contributed by atoms with Crippen LogP contribution < -0.4 is 10.6 Å². The number of hydrogen-bond acceptors (Lipinski definition) is 2. The number of benzene rings is 5. The molecule has 2 heteroatoms. The summed E-state index contributed by atoms with van der Waals surface area (Å²) in [6.45, 7) is 4.27. The predicted octanol–water partition coefficient (Wildman–Crippen LogP) is 8.08. The maximum absolute atomic E-state index is 3.46. The minimum absolute atomic E-state index is 1.13. The van der Waals surface area contributed by atoms with Crippen LogP contribution in [-0.2, 0) is 0 Å². The lowest BCUT2D eigenvalue weighted by molar-refractivity contribution is 1.34. The molecule has 0 aliphatic rings. The van der Waals surface area contributed by atoms with E-state index in [0.717, 1.165) is 17.1 Å². The standard InChI is InChI=1S/C18H17N.C11H11N/c1-13-7-9-17(11-14(13)2)19-18-10-8-15-5-3-4-6-16(15)12-18;1-12-11-7-6-9-4-2-3-5-10(9)8-11/h3-12,19H,1-2H3;2-8,12H,1H3. The van der Waals surface area contributed by atoms with Gasteiger partial charge in [0, 0.05) is 24.1 Å². The first-order chi connectivity index (χ1) is 15.1. The van der Waals surface area contributed by atoms with Gasteiger partial charge in [0.25, 0.3) is 0 Å². The fourth-order valence-electron chi connectivity index (χ4n) is 3.60. The smallest absolute Gasteiger partial charge is 0.0390 e. The fraction of sp³-hybridized carbons (Fsp3) is 0.103. The van der Waals surface area contributed by atoms with Gasteiger partial charge in [0.1, 0.15) is 0 Å². The monoisotopic (exact) mass is 404 g/mol. The van der Waals surface area contributed by atoms with E-state index >= 15 is 0 Å². The lowest BCUT2D eigenvalue weighted by atomic mass is 10.1. The molecule has 0 aliphatic carbocycles. The first kappa shape index (κ1) is 20.5. The minimum atomic E-state index is 1.13. The van der Waals surface area contributed by atoms with Crippen molar-refractivity contribution in [2.75, 3.05) is 17.7 Å². The summed E-state index contributed by atoms with van der Waals surface area (Å²) in [5, 5.41) is 11.7. The molecule has 0 fully saturated rings. The molecule has 0 aliphatic heterocycles. The van der Waals surface area contributed by atoms with Crippen molar-refractivity contribution in [1.29, 1.82) is 0 Å². The lowest BCUT2D eigenvalue weighted by Gasteiger charge is -2.09. The van der Waals surface area contributed by atoms with Crippen molar-refractivity contribution in [3.63, 3.8) is 0 Å². The predicted molar refractivity (Wildman–Crippen MR) is 137 cm³/mol. The van der Waals surface area contributed by atoms with Crippen molar-refractivity contribution in [3.05, 3.63) is 114 Å². The van der Waals surface area contributed by atoms with E-state index in [1.807, 2.05) is 7.05 Å². The highest BCUT2D eigenvalue weighted by Gasteiger charge is 1.99. The molecule has 5 aromatic carbocycles. The van der Waals surface area contributed by atoms with Crippen LogP contribution in [0, 0.1) is 13.8 Å². The molecule has 0 radical (unpaired) electrons. The Balaban J connectivity index is 0.000000166. The Kier molecular flexibility index (Phi) is 6.18. The van der Waals surface area contributed by atoms with Crippen LogP contribution in [0.3, 0.4) is 0 Å². The number of rotatable bonds is 3. The van der Waals surface area contributed by atoms with Crippen molar-refractivity contribution >= 4 is 38.6 Å². The molecule has 0 spiro atoms. The fourth-order valence-corrected chi connectivity index (χ4v) is 3.60. The third kappa shape index (κ3) is 5.04. The topological polar surface area (TPSA) is 24.1 Å². The van der Waals surface area contributed by atoms with Gasteiger partial charge in [-0.3, -0.25) is 0 Å². The molecule has 0 amide bonds. The number of fused-ring (bicyclic) bond motifs is 2. The van der Waals surface area contributed by atoms with Gasteiger partial charge in [-0.1, -0.05) is 66.7 Å². The summed E-state index contributed by atoms with van der Waals surface area (Å²) >= 11 is 0. The number of hydrogen-bond donors (Lipinski definition) is 2. The van der Waals surface area contributed by atoms with Gasteiger partial charge in [-0.2, -0.15) is 0 Å². The van der Waals surface area contributed by atoms with Crippen LogP contribution in [0.15, 0.2) is 103 Å². The van der Waals surface area contributed by atoms with Crippen LogP contribution in [0.5, 0.6) is 0 Å². The van der Waals surface area contributed by atoms with Crippen molar-refractivity contribution in [2.24, 2.45) is 0 Å². The van der Waals surface area contributed by atoms with E-state index < -0.39 is 0 Å². The summed E-state index contributed by atoms with van der Waals surface area (Å²) < 4.78 is 0. The summed E-state index contributed by atoms with van der Waals surface area (Å²) in [6, 6.07) is 36.0. The van der Waals surface area contributed by atoms with Crippen molar-refractivity contribution < 1.29 is 0 Å². The van der Waals surface area contributed by atoms with Gasteiger partial charge in [0.05, 0.1) is 0 Å². The van der Waals surface area contributed by atoms with E-state index in [4.69, 9.17) is 0 Å². The normalized spacial score (nSPS) is 10.4. The van der Waals surface area contributed by atoms with Crippen molar-refractivity contribution in [2.45, 2.75) is 13.8 Å². The van der Waals surface area contributed by atoms with E-state index in [-0.39, 0.29) is 0 Å². The van der Waals surface area contributed by atoms with Crippen LogP contribution in [0.2, 0.25) is 0 Å². The summed E-state index contributed by atoms with van der Waals surface area (Å²) in [5.41, 5.74) is 6.06. The quantitative estimate of drug-likeness (QED) is 0.317. The SMILES string of the molecule is CNc1ccc2ccccc2c1.Cc1ccc(Nc2ccc3ccccc3c2)cc1C. The second-order valence-corrected chi connectivity index (χ2v) is 7.80. The maximum Gasteiger partial charge on any atom is 0.0390 e. The molecule has 0 unspecified atom stereocenters. The molecule has 2 nitrogen and oxygen atoms in total. The Bertz CT molecular complexity index is 1320. The molecule has 0 aromatic heterocycles. The van der Waals surface area contributed by atoms with E-state index in [1.165, 1.54) is 32.7 Å². The van der Waals surface area contributed by atoms with E-state index in [9.17, 15) is 0 Å². The summed E-state index contributed by atoms with van der Waals surface area (Å²) in [4.78, 5) is 0. The van der Waals surface area contributed by atoms with Gasteiger partial charge in [0.2, 0.25) is 0 Å². The number of aryl methyl sites for hydroxylation is 2. The average Bonchev–Trinajstić information content (AvgIpc) is 2.81. The highest BCUT2D eigenvalue weighted by molar-refractivity contribution is 5.87. The van der Waals surface area contributed by atoms with Gasteiger partial charge in [-0.05, 0) is 82.9 Å². The number of anilines is 3. The molecule has 0 saturated heterocycles. The molecular formula is C29H28N2. The lowest BCUT2D eigenvalue weighted by Crippen LogP contribution is -1.91. The Morgan fingerprint density at radius 3 is 1.52 bits per heavy atom. The molecule has 31 heavy (non-hydrogen) atoms. The third-order valence-corrected chi connectivity index (χ3v) is 5.58. The Morgan fingerprint density at radius 2 is 0.935 bits per heavy atom. The second-order valence-electron chi connectivity index (χ2n) is 7.80. The van der Waals surface area contributed by atoms with E-state index in [0.29, 0.717) is 0 Å². The molecule has 154 valence electrons. The second kappa shape index (κ2) is 9.36. The molecule has 0 heterocycles. The first-order valence-electron chi connectivity index (χ1n) is 10.6. The molecule has 0 bridgehead atoms. The van der Waals surface area contributed by atoms with Crippen LogP contribution >= 0.6 is 0 Å². The maximum atomic E-state index is 3.46.